The van der Waals surface area contributed by atoms with Crippen molar-refractivity contribution in [2.45, 2.75) is 39.7 Å². The molecule has 0 saturated carbocycles. The van der Waals surface area contributed by atoms with E-state index < -0.39 is 0 Å². The van der Waals surface area contributed by atoms with Crippen molar-refractivity contribution >= 4 is 17.2 Å². The third kappa shape index (κ3) is 3.05. The number of aryl methyl sites for hydroxylation is 1. The summed E-state index contributed by atoms with van der Waals surface area (Å²) in [6.45, 7) is 7.67. The van der Waals surface area contributed by atoms with Crippen molar-refractivity contribution in [2.24, 2.45) is 11.7 Å². The van der Waals surface area contributed by atoms with Crippen LogP contribution in [0.5, 0.6) is 0 Å². The van der Waals surface area contributed by atoms with E-state index in [9.17, 15) is 4.79 Å². The zero-order chi connectivity index (χ0) is 16.6. The molecule has 6 heteroatoms. The van der Waals surface area contributed by atoms with Gasteiger partial charge in [0, 0.05) is 42.1 Å². The van der Waals surface area contributed by atoms with Crippen LogP contribution in [0.2, 0.25) is 0 Å². The number of rotatable bonds is 3. The van der Waals surface area contributed by atoms with Gasteiger partial charge in [-0.2, -0.15) is 0 Å². The SMILES string of the molecule is Cc1cc(C(=O)N2CCC(C(C)N)CC2)c(C)n1-c1nccs1. The summed E-state index contributed by atoms with van der Waals surface area (Å²) in [7, 11) is 0. The zero-order valence-corrected chi connectivity index (χ0v) is 14.8. The fourth-order valence-electron chi connectivity index (χ4n) is 3.40. The Morgan fingerprint density at radius 1 is 1.39 bits per heavy atom. The van der Waals surface area contributed by atoms with Crippen LogP contribution < -0.4 is 5.73 Å². The molecule has 23 heavy (non-hydrogen) atoms. The molecule has 3 heterocycles. The molecule has 1 aliphatic heterocycles. The number of carbonyl (C=O) groups excluding carboxylic acids is 1. The fraction of sp³-hybridized carbons (Fsp3) is 0.529. The van der Waals surface area contributed by atoms with Gasteiger partial charge >= 0.3 is 0 Å². The molecule has 0 spiro atoms. The molecule has 1 saturated heterocycles. The molecule has 0 radical (unpaired) electrons. The lowest BCUT2D eigenvalue weighted by atomic mass is 9.90. The van der Waals surface area contributed by atoms with Gasteiger partial charge in [-0.3, -0.25) is 9.36 Å². The second kappa shape index (κ2) is 6.45. The van der Waals surface area contributed by atoms with Crippen LogP contribution in [-0.4, -0.2) is 39.5 Å². The van der Waals surface area contributed by atoms with Crippen LogP contribution in [0.1, 0.15) is 41.5 Å². The quantitative estimate of drug-likeness (QED) is 0.940. The molecule has 5 nitrogen and oxygen atoms in total. The Hall–Kier alpha value is -1.66. The first-order valence-electron chi connectivity index (χ1n) is 8.12. The molecule has 0 bridgehead atoms. The minimum absolute atomic E-state index is 0.129. The minimum Gasteiger partial charge on any atom is -0.339 e. The van der Waals surface area contributed by atoms with Crippen molar-refractivity contribution in [3.05, 3.63) is 34.6 Å². The molecule has 3 rings (SSSR count). The molecule has 1 aliphatic rings. The van der Waals surface area contributed by atoms with Crippen LogP contribution in [0.3, 0.4) is 0 Å². The van der Waals surface area contributed by atoms with E-state index in [0.29, 0.717) is 5.92 Å². The summed E-state index contributed by atoms with van der Waals surface area (Å²) < 4.78 is 2.06. The van der Waals surface area contributed by atoms with Gasteiger partial charge < -0.3 is 10.6 Å². The van der Waals surface area contributed by atoms with Crippen LogP contribution in [-0.2, 0) is 0 Å². The van der Waals surface area contributed by atoms with Crippen molar-refractivity contribution in [1.29, 1.82) is 0 Å². The molecule has 1 amide bonds. The van der Waals surface area contributed by atoms with Crippen LogP contribution in [0.15, 0.2) is 17.6 Å². The van der Waals surface area contributed by atoms with E-state index in [-0.39, 0.29) is 11.9 Å². The number of aromatic nitrogens is 2. The number of nitrogens with zero attached hydrogens (tertiary/aromatic N) is 3. The Bertz CT molecular complexity index is 682. The summed E-state index contributed by atoms with van der Waals surface area (Å²) in [6.07, 6.45) is 3.78. The normalized spacial score (nSPS) is 17.5. The van der Waals surface area contributed by atoms with E-state index in [1.165, 1.54) is 0 Å². The Balaban J connectivity index is 1.80. The number of likely N-dealkylation sites (tertiary alicyclic amines) is 1. The van der Waals surface area contributed by atoms with Crippen LogP contribution in [0.4, 0.5) is 0 Å². The molecule has 0 aromatic carbocycles. The highest BCUT2D eigenvalue weighted by Gasteiger charge is 2.27. The first-order chi connectivity index (χ1) is 11.0. The molecule has 2 N–H and O–H groups in total. The van der Waals surface area contributed by atoms with Crippen molar-refractivity contribution in [1.82, 2.24) is 14.5 Å². The summed E-state index contributed by atoms with van der Waals surface area (Å²) >= 11 is 1.58. The third-order valence-electron chi connectivity index (χ3n) is 4.84. The van der Waals surface area contributed by atoms with Crippen molar-refractivity contribution < 1.29 is 4.79 Å². The van der Waals surface area contributed by atoms with Gasteiger partial charge in [0.2, 0.25) is 0 Å². The van der Waals surface area contributed by atoms with Gasteiger partial charge in [0.1, 0.15) is 0 Å². The van der Waals surface area contributed by atoms with Crippen molar-refractivity contribution in [3.63, 3.8) is 0 Å². The van der Waals surface area contributed by atoms with Crippen LogP contribution in [0, 0.1) is 19.8 Å². The average molecular weight is 332 g/mol. The summed E-state index contributed by atoms with van der Waals surface area (Å²) in [5.41, 5.74) is 8.79. The smallest absolute Gasteiger partial charge is 0.255 e. The predicted octanol–water partition coefficient (Wildman–Crippen LogP) is 2.75. The number of amides is 1. The second-order valence-corrected chi connectivity index (χ2v) is 7.30. The van der Waals surface area contributed by atoms with E-state index in [2.05, 4.69) is 16.5 Å². The first-order valence-corrected chi connectivity index (χ1v) is 9.00. The standard InChI is InChI=1S/C17H24N4OS/c1-11-10-15(13(3)21(11)17-19-6-9-23-17)16(22)20-7-4-14(5-8-20)12(2)18/h6,9-10,12,14H,4-5,7-8,18H2,1-3H3. The minimum atomic E-state index is 0.129. The van der Waals surface area contributed by atoms with Gasteiger partial charge in [0.05, 0.1) is 5.56 Å². The van der Waals surface area contributed by atoms with Gasteiger partial charge in [-0.15, -0.1) is 11.3 Å². The molecule has 1 unspecified atom stereocenters. The Morgan fingerprint density at radius 2 is 2.09 bits per heavy atom. The van der Waals surface area contributed by atoms with Crippen LogP contribution >= 0.6 is 11.3 Å². The van der Waals surface area contributed by atoms with Crippen LogP contribution in [0.25, 0.3) is 5.13 Å². The van der Waals surface area contributed by atoms with Gasteiger partial charge in [-0.05, 0) is 45.6 Å². The lowest BCUT2D eigenvalue weighted by molar-refractivity contribution is 0.0680. The number of nitrogens with two attached hydrogens (primary N) is 1. The predicted molar refractivity (Wildman–Crippen MR) is 93.2 cm³/mol. The molecular formula is C17H24N4OS. The second-order valence-electron chi connectivity index (χ2n) is 6.42. The maximum absolute atomic E-state index is 12.9. The zero-order valence-electron chi connectivity index (χ0n) is 14.0. The molecule has 124 valence electrons. The lowest BCUT2D eigenvalue weighted by Crippen LogP contribution is -2.42. The summed E-state index contributed by atoms with van der Waals surface area (Å²) in [5.74, 6) is 0.658. The van der Waals surface area contributed by atoms with E-state index in [4.69, 9.17) is 5.73 Å². The van der Waals surface area contributed by atoms with E-state index >= 15 is 0 Å². The fourth-order valence-corrected chi connectivity index (χ4v) is 4.15. The van der Waals surface area contributed by atoms with Crippen molar-refractivity contribution in [2.75, 3.05) is 13.1 Å². The molecular weight excluding hydrogens is 308 g/mol. The lowest BCUT2D eigenvalue weighted by Gasteiger charge is -2.33. The summed E-state index contributed by atoms with van der Waals surface area (Å²) in [6, 6.07) is 2.19. The Labute approximate surface area is 141 Å². The molecule has 2 aromatic rings. The summed E-state index contributed by atoms with van der Waals surface area (Å²) in [5, 5.41) is 2.86. The topological polar surface area (TPSA) is 64.2 Å². The maximum Gasteiger partial charge on any atom is 0.255 e. The number of carbonyl (C=O) groups is 1. The highest BCUT2D eigenvalue weighted by molar-refractivity contribution is 7.12. The number of hydrogen-bond donors (Lipinski definition) is 1. The first kappa shape index (κ1) is 16.2. The van der Waals surface area contributed by atoms with Gasteiger partial charge in [-0.25, -0.2) is 4.98 Å². The molecule has 0 aliphatic carbocycles. The van der Waals surface area contributed by atoms with Gasteiger partial charge in [0.25, 0.3) is 5.91 Å². The summed E-state index contributed by atoms with van der Waals surface area (Å²) in [4.78, 5) is 19.2. The third-order valence-corrected chi connectivity index (χ3v) is 5.60. The number of thiazole rings is 1. The Kier molecular flexibility index (Phi) is 4.55. The maximum atomic E-state index is 12.9. The average Bonchev–Trinajstić information content (AvgIpc) is 3.14. The number of hydrogen-bond acceptors (Lipinski definition) is 4. The van der Waals surface area contributed by atoms with Gasteiger partial charge in [-0.1, -0.05) is 0 Å². The monoisotopic (exact) mass is 332 g/mol. The van der Waals surface area contributed by atoms with E-state index in [0.717, 1.165) is 48.0 Å². The van der Waals surface area contributed by atoms with Crippen molar-refractivity contribution in [3.8, 4) is 5.13 Å². The van der Waals surface area contributed by atoms with Gasteiger partial charge in [0.15, 0.2) is 5.13 Å². The molecule has 2 aromatic heterocycles. The Morgan fingerprint density at radius 3 is 2.65 bits per heavy atom. The molecule has 1 atom stereocenters. The highest BCUT2D eigenvalue weighted by atomic mass is 32.1. The van der Waals surface area contributed by atoms with E-state index in [1.807, 2.05) is 30.2 Å². The largest absolute Gasteiger partial charge is 0.339 e. The van der Waals surface area contributed by atoms with E-state index in [1.54, 1.807) is 17.5 Å². The highest BCUT2D eigenvalue weighted by Crippen LogP contribution is 2.26. The molecule has 1 fully saturated rings. The number of piperidine rings is 1.